The number of nitrogens with one attached hydrogen (secondary N) is 1. The van der Waals surface area contributed by atoms with Gasteiger partial charge in [0.2, 0.25) is 0 Å². The fourth-order valence-electron chi connectivity index (χ4n) is 5.53. The van der Waals surface area contributed by atoms with Crippen LogP contribution in [0.5, 0.6) is 11.5 Å². The smallest absolute Gasteiger partial charge is 0.180 e. The Hall–Kier alpha value is -3.73. The van der Waals surface area contributed by atoms with E-state index in [9.17, 15) is 0 Å². The number of hydrogen-bond donors (Lipinski definition) is 1. The Labute approximate surface area is 238 Å². The maximum atomic E-state index is 6.57. The fraction of sp³-hybridized carbons (Fsp3) is 0.182. The highest BCUT2D eigenvalue weighted by molar-refractivity contribution is 6.32. The molecule has 1 N–H and O–H groups in total. The maximum absolute atomic E-state index is 6.57. The van der Waals surface area contributed by atoms with Gasteiger partial charge in [0.15, 0.2) is 11.5 Å². The van der Waals surface area contributed by atoms with Crippen LogP contribution in [-0.4, -0.2) is 13.3 Å². The van der Waals surface area contributed by atoms with E-state index in [1.807, 2.05) is 36.4 Å². The Bertz CT molecular complexity index is 1550. The fourth-order valence-corrected chi connectivity index (χ4v) is 6.01. The third kappa shape index (κ3) is 5.40. The van der Waals surface area contributed by atoms with Crippen LogP contribution in [0, 0.1) is 5.92 Å². The molecule has 3 atom stereocenters. The lowest BCUT2D eigenvalue weighted by atomic mass is 9.77. The maximum Gasteiger partial charge on any atom is 0.180 e. The predicted octanol–water partition coefficient (Wildman–Crippen LogP) is 9.16. The van der Waals surface area contributed by atoms with Gasteiger partial charge in [-0.05, 0) is 77.1 Å². The Morgan fingerprint density at radius 2 is 1.82 bits per heavy atom. The summed E-state index contributed by atoms with van der Waals surface area (Å²) in [7, 11) is 1.60. The van der Waals surface area contributed by atoms with Gasteiger partial charge in [0.1, 0.15) is 6.61 Å². The van der Waals surface area contributed by atoms with Crippen LogP contribution in [0.1, 0.15) is 40.6 Å². The van der Waals surface area contributed by atoms with E-state index in [1.165, 1.54) is 16.8 Å². The lowest BCUT2D eigenvalue weighted by Gasteiger charge is -2.37. The van der Waals surface area contributed by atoms with Crippen LogP contribution in [0.15, 0.2) is 102 Å². The second-order valence-electron chi connectivity index (χ2n) is 9.87. The largest absolute Gasteiger partial charge is 0.493 e. The topological polar surface area (TPSA) is 42.8 Å². The minimum Gasteiger partial charge on any atom is -0.493 e. The van der Waals surface area contributed by atoms with Gasteiger partial charge in [-0.3, -0.25) is 4.99 Å². The van der Waals surface area contributed by atoms with Crippen molar-refractivity contribution in [1.29, 1.82) is 0 Å². The summed E-state index contributed by atoms with van der Waals surface area (Å²) in [5.41, 5.74) is 6.52. The number of ether oxygens (including phenoxy) is 2. The summed E-state index contributed by atoms with van der Waals surface area (Å²) in [6.45, 7) is 0.329. The van der Waals surface area contributed by atoms with E-state index in [4.69, 9.17) is 32.7 Å². The van der Waals surface area contributed by atoms with Gasteiger partial charge >= 0.3 is 0 Å². The Kier molecular flexibility index (Phi) is 7.32. The molecule has 39 heavy (non-hydrogen) atoms. The number of methoxy groups -OCH3 is 1. The van der Waals surface area contributed by atoms with Gasteiger partial charge in [-0.25, -0.2) is 0 Å². The molecule has 2 aliphatic rings. The van der Waals surface area contributed by atoms with Crippen molar-refractivity contribution >= 4 is 40.8 Å². The van der Waals surface area contributed by atoms with Crippen molar-refractivity contribution in [3.8, 4) is 11.5 Å². The molecule has 0 saturated carbocycles. The van der Waals surface area contributed by atoms with E-state index in [-0.39, 0.29) is 6.04 Å². The number of allylic oxidation sites excluding steroid dienone is 2. The minimum atomic E-state index is 0.264. The molecule has 4 aromatic carbocycles. The molecule has 0 unspecified atom stereocenters. The van der Waals surface area contributed by atoms with Crippen molar-refractivity contribution < 1.29 is 9.47 Å². The summed E-state index contributed by atoms with van der Waals surface area (Å²) >= 11 is 12.7. The third-order valence-electron chi connectivity index (χ3n) is 7.41. The summed E-state index contributed by atoms with van der Waals surface area (Å²) in [4.78, 5) is 4.69. The molecule has 0 spiro atoms. The highest BCUT2D eigenvalue weighted by atomic mass is 35.5. The predicted molar refractivity (Wildman–Crippen MR) is 160 cm³/mol. The number of fused-ring (bicyclic) bond motifs is 3. The molecule has 4 aromatic rings. The van der Waals surface area contributed by atoms with Gasteiger partial charge < -0.3 is 14.8 Å². The zero-order chi connectivity index (χ0) is 26.8. The zero-order valence-electron chi connectivity index (χ0n) is 21.5. The number of nitrogens with zero attached hydrogens (tertiary/aromatic N) is 1. The number of aliphatic imine (C=N–C) groups is 1. The van der Waals surface area contributed by atoms with Crippen LogP contribution in [0.3, 0.4) is 0 Å². The molecule has 1 heterocycles. The monoisotopic (exact) mass is 554 g/mol. The molecule has 0 aromatic heterocycles. The first-order chi connectivity index (χ1) is 19.1. The van der Waals surface area contributed by atoms with Crippen molar-refractivity contribution in [3.05, 3.63) is 129 Å². The molecule has 196 valence electrons. The molecule has 4 nitrogen and oxygen atoms in total. The molecule has 6 rings (SSSR count). The van der Waals surface area contributed by atoms with Crippen molar-refractivity contribution in [1.82, 2.24) is 0 Å². The van der Waals surface area contributed by atoms with Gasteiger partial charge in [0.05, 0.1) is 23.9 Å². The van der Waals surface area contributed by atoms with Crippen LogP contribution in [-0.2, 0) is 6.61 Å². The van der Waals surface area contributed by atoms with E-state index in [1.54, 1.807) is 13.3 Å². The molecular weight excluding hydrogens is 527 g/mol. The lowest BCUT2D eigenvalue weighted by molar-refractivity contribution is 0.284. The number of rotatable bonds is 7. The van der Waals surface area contributed by atoms with E-state index < -0.39 is 0 Å². The van der Waals surface area contributed by atoms with Gasteiger partial charge in [0, 0.05) is 22.8 Å². The van der Waals surface area contributed by atoms with Crippen molar-refractivity contribution in [2.45, 2.75) is 25.0 Å². The number of halogens is 2. The van der Waals surface area contributed by atoms with E-state index in [0.29, 0.717) is 40.0 Å². The van der Waals surface area contributed by atoms with Crippen molar-refractivity contribution in [2.75, 3.05) is 12.4 Å². The molecule has 0 radical (unpaired) electrons. The summed E-state index contributed by atoms with van der Waals surface area (Å²) in [6.07, 6.45) is 7.55. The Balaban J connectivity index is 1.17. The highest BCUT2D eigenvalue weighted by Crippen LogP contribution is 2.49. The number of hydrogen-bond acceptors (Lipinski definition) is 4. The number of para-hydroxylation sites is 1. The SMILES string of the molecule is COc1cc(C=Nc2ccc([C@@H]3Nc4ccccc4[C@@H]4C=CC[C@H]43)cc2)cc(Cl)c1OCc1cccc(Cl)c1. The summed E-state index contributed by atoms with van der Waals surface area (Å²) in [6, 6.07) is 28.6. The first kappa shape index (κ1) is 25.5. The second kappa shape index (κ2) is 11.2. The van der Waals surface area contributed by atoms with E-state index >= 15 is 0 Å². The molecular formula is C33H28Cl2N2O2. The standard InChI is InChI=1S/C33H28Cl2N2O2/c1-38-31-18-22(17-29(35)33(31)39-20-21-6-4-7-24(34)16-21)19-36-25-14-12-23(13-15-25)32-28-10-5-9-26(28)27-8-2-3-11-30(27)37-32/h2-9,11-19,26,28,32,37H,10,20H2,1H3/t26-,28+,32-/m0/s1. The summed E-state index contributed by atoms with van der Waals surface area (Å²) in [5, 5.41) is 4.90. The summed E-state index contributed by atoms with van der Waals surface area (Å²) in [5.74, 6) is 2.01. The molecule has 0 fully saturated rings. The highest BCUT2D eigenvalue weighted by Gasteiger charge is 2.37. The van der Waals surface area contributed by atoms with Crippen LogP contribution in [0.4, 0.5) is 11.4 Å². The Morgan fingerprint density at radius 1 is 0.974 bits per heavy atom. The van der Waals surface area contributed by atoms with E-state index in [0.717, 1.165) is 23.2 Å². The first-order valence-electron chi connectivity index (χ1n) is 13.0. The average Bonchev–Trinajstić information content (AvgIpc) is 3.46. The van der Waals surface area contributed by atoms with Gasteiger partial charge in [-0.2, -0.15) is 0 Å². The minimum absolute atomic E-state index is 0.264. The van der Waals surface area contributed by atoms with Gasteiger partial charge in [-0.15, -0.1) is 0 Å². The molecule has 0 bridgehead atoms. The van der Waals surface area contributed by atoms with Crippen molar-refractivity contribution in [3.63, 3.8) is 0 Å². The number of anilines is 1. The Morgan fingerprint density at radius 3 is 2.64 bits per heavy atom. The quantitative estimate of drug-likeness (QED) is 0.183. The van der Waals surface area contributed by atoms with Gasteiger partial charge in [-0.1, -0.05) is 77.8 Å². The number of benzene rings is 4. The molecule has 0 amide bonds. The van der Waals surface area contributed by atoms with Crippen LogP contribution in [0.25, 0.3) is 0 Å². The zero-order valence-corrected chi connectivity index (χ0v) is 23.0. The first-order valence-corrected chi connectivity index (χ1v) is 13.8. The van der Waals surface area contributed by atoms with Crippen molar-refractivity contribution in [2.24, 2.45) is 10.9 Å². The van der Waals surface area contributed by atoms with Crippen LogP contribution in [0.2, 0.25) is 10.0 Å². The normalized spacial score (nSPS) is 19.4. The molecule has 1 aliphatic heterocycles. The molecule has 6 heteroatoms. The third-order valence-corrected chi connectivity index (χ3v) is 7.93. The van der Waals surface area contributed by atoms with Crippen LogP contribution >= 0.6 is 23.2 Å². The molecule has 1 aliphatic carbocycles. The second-order valence-corrected chi connectivity index (χ2v) is 10.7. The lowest BCUT2D eigenvalue weighted by Crippen LogP contribution is -2.28. The van der Waals surface area contributed by atoms with Crippen LogP contribution < -0.4 is 14.8 Å². The van der Waals surface area contributed by atoms with Gasteiger partial charge in [0.25, 0.3) is 0 Å². The van der Waals surface area contributed by atoms with E-state index in [2.05, 4.69) is 71.0 Å². The molecule has 0 saturated heterocycles. The average molecular weight is 556 g/mol. The summed E-state index contributed by atoms with van der Waals surface area (Å²) < 4.78 is 11.5.